The first-order chi connectivity index (χ1) is 13.2. The van der Waals surface area contributed by atoms with E-state index in [4.69, 9.17) is 4.74 Å². The third kappa shape index (κ3) is 4.36. The van der Waals surface area contributed by atoms with Crippen LogP contribution in [-0.4, -0.2) is 78.5 Å². The predicted molar refractivity (Wildman–Crippen MR) is 101 cm³/mol. The summed E-state index contributed by atoms with van der Waals surface area (Å²) in [6.07, 6.45) is 0.646. The van der Waals surface area contributed by atoms with Crippen LogP contribution in [0.15, 0.2) is 24.3 Å². The molecule has 2 aromatic rings. The summed E-state index contributed by atoms with van der Waals surface area (Å²) >= 11 is 1.56. The number of rotatable bonds is 3. The summed E-state index contributed by atoms with van der Waals surface area (Å²) in [7, 11) is 0. The summed E-state index contributed by atoms with van der Waals surface area (Å²) in [6, 6.07) is 6.57. The van der Waals surface area contributed by atoms with E-state index in [0.717, 1.165) is 28.8 Å². The number of hydrogen-bond acceptors (Lipinski definition) is 6. The Balaban J connectivity index is 1.31. The van der Waals surface area contributed by atoms with Crippen molar-refractivity contribution in [3.05, 3.63) is 40.7 Å². The van der Waals surface area contributed by atoms with Gasteiger partial charge in [-0.05, 0) is 17.7 Å². The number of carbonyl (C=O) groups excluding carboxylic acids is 1. The molecule has 7 nitrogen and oxygen atoms in total. The van der Waals surface area contributed by atoms with Gasteiger partial charge in [-0.1, -0.05) is 23.5 Å². The quantitative estimate of drug-likeness (QED) is 0.799. The molecule has 9 heteroatoms. The zero-order valence-corrected chi connectivity index (χ0v) is 15.8. The van der Waals surface area contributed by atoms with Crippen LogP contribution in [0.4, 0.5) is 14.3 Å². The van der Waals surface area contributed by atoms with E-state index in [9.17, 15) is 9.18 Å². The van der Waals surface area contributed by atoms with Gasteiger partial charge >= 0.3 is 6.03 Å². The van der Waals surface area contributed by atoms with Gasteiger partial charge in [-0.25, -0.2) is 9.18 Å². The van der Waals surface area contributed by atoms with Crippen molar-refractivity contribution in [3.8, 4) is 0 Å². The van der Waals surface area contributed by atoms with E-state index in [0.29, 0.717) is 45.8 Å². The summed E-state index contributed by atoms with van der Waals surface area (Å²) in [6.45, 7) is 5.44. The van der Waals surface area contributed by atoms with Gasteiger partial charge in [0.1, 0.15) is 10.8 Å². The summed E-state index contributed by atoms with van der Waals surface area (Å²) in [5.74, 6) is -0.235. The molecule has 0 N–H and O–H groups in total. The van der Waals surface area contributed by atoms with Gasteiger partial charge in [0.2, 0.25) is 5.13 Å². The van der Waals surface area contributed by atoms with Crippen molar-refractivity contribution in [1.29, 1.82) is 0 Å². The fourth-order valence-corrected chi connectivity index (χ4v) is 4.19. The number of nitrogens with zero attached hydrogens (tertiary/aromatic N) is 5. The van der Waals surface area contributed by atoms with Crippen LogP contribution in [0.5, 0.6) is 0 Å². The van der Waals surface area contributed by atoms with E-state index in [1.165, 1.54) is 12.1 Å². The van der Waals surface area contributed by atoms with Crippen LogP contribution in [0.25, 0.3) is 0 Å². The van der Waals surface area contributed by atoms with Crippen LogP contribution >= 0.6 is 11.3 Å². The van der Waals surface area contributed by atoms with E-state index in [1.807, 2.05) is 9.80 Å². The molecule has 2 aliphatic rings. The monoisotopic (exact) mass is 391 g/mol. The number of halogens is 1. The zero-order chi connectivity index (χ0) is 18.6. The topological polar surface area (TPSA) is 61.8 Å². The summed E-state index contributed by atoms with van der Waals surface area (Å²) in [5, 5.41) is 10.4. The van der Waals surface area contributed by atoms with Gasteiger partial charge in [0.25, 0.3) is 0 Å². The molecule has 3 heterocycles. The van der Waals surface area contributed by atoms with E-state index in [1.54, 1.807) is 23.5 Å². The van der Waals surface area contributed by atoms with Gasteiger partial charge in [-0.15, -0.1) is 10.2 Å². The second-order valence-corrected chi connectivity index (χ2v) is 7.68. The number of ether oxygens (including phenoxy) is 1. The molecule has 2 aliphatic heterocycles. The van der Waals surface area contributed by atoms with Crippen molar-refractivity contribution in [2.45, 2.75) is 6.42 Å². The minimum atomic E-state index is -0.235. The minimum Gasteiger partial charge on any atom is -0.378 e. The Bertz CT molecular complexity index is 770. The second-order valence-electron chi connectivity index (χ2n) is 6.64. The molecule has 1 aromatic heterocycles. The average Bonchev–Trinajstić information content (AvgIpc) is 3.18. The van der Waals surface area contributed by atoms with Crippen molar-refractivity contribution < 1.29 is 13.9 Å². The predicted octanol–water partition coefficient (Wildman–Crippen LogP) is 1.84. The maximum atomic E-state index is 13.0. The lowest BCUT2D eigenvalue weighted by Gasteiger charge is -2.38. The van der Waals surface area contributed by atoms with Crippen molar-refractivity contribution in [1.82, 2.24) is 20.0 Å². The standard InChI is InChI=1S/C18H22FN5O2S/c19-15-3-1-14(2-4-15)13-16-20-21-17(27-16)22-5-7-23(8-6-22)18(25)24-9-11-26-12-10-24/h1-4H,5-13H2. The Morgan fingerprint density at radius 3 is 2.37 bits per heavy atom. The molecule has 144 valence electrons. The number of carbonyl (C=O) groups is 1. The van der Waals surface area contributed by atoms with Gasteiger partial charge in [-0.2, -0.15) is 0 Å². The van der Waals surface area contributed by atoms with Crippen LogP contribution < -0.4 is 4.90 Å². The maximum Gasteiger partial charge on any atom is 0.320 e. The van der Waals surface area contributed by atoms with Crippen LogP contribution in [0.2, 0.25) is 0 Å². The van der Waals surface area contributed by atoms with Crippen molar-refractivity contribution in [3.63, 3.8) is 0 Å². The molecule has 27 heavy (non-hydrogen) atoms. The molecular formula is C18H22FN5O2S. The molecule has 4 rings (SSSR count). The molecule has 0 aliphatic carbocycles. The normalized spacial score (nSPS) is 18.0. The molecule has 0 atom stereocenters. The van der Waals surface area contributed by atoms with E-state index < -0.39 is 0 Å². The third-order valence-electron chi connectivity index (χ3n) is 4.83. The Morgan fingerprint density at radius 2 is 1.67 bits per heavy atom. The Hall–Kier alpha value is -2.26. The van der Waals surface area contributed by atoms with Gasteiger partial charge in [0, 0.05) is 45.7 Å². The number of aromatic nitrogens is 2. The lowest BCUT2D eigenvalue weighted by molar-refractivity contribution is 0.0428. The Kier molecular flexibility index (Phi) is 5.49. The molecule has 2 saturated heterocycles. The fraction of sp³-hybridized carbons (Fsp3) is 0.500. The highest BCUT2D eigenvalue weighted by molar-refractivity contribution is 7.15. The number of urea groups is 1. The SMILES string of the molecule is O=C(N1CCOCC1)N1CCN(c2nnc(Cc3ccc(F)cc3)s2)CC1. The van der Waals surface area contributed by atoms with Crippen LogP contribution in [0.3, 0.4) is 0 Å². The molecule has 0 unspecified atom stereocenters. The molecule has 0 spiro atoms. The molecule has 0 bridgehead atoms. The highest BCUT2D eigenvalue weighted by Crippen LogP contribution is 2.24. The molecule has 0 saturated carbocycles. The maximum absolute atomic E-state index is 13.0. The summed E-state index contributed by atoms with van der Waals surface area (Å²) in [4.78, 5) is 18.5. The highest BCUT2D eigenvalue weighted by Gasteiger charge is 2.27. The minimum absolute atomic E-state index is 0.104. The number of anilines is 1. The lowest BCUT2D eigenvalue weighted by atomic mass is 10.2. The van der Waals surface area contributed by atoms with Gasteiger partial charge < -0.3 is 19.4 Å². The first-order valence-electron chi connectivity index (χ1n) is 9.12. The van der Waals surface area contributed by atoms with Crippen LogP contribution in [-0.2, 0) is 11.2 Å². The van der Waals surface area contributed by atoms with Crippen LogP contribution in [0, 0.1) is 5.82 Å². The van der Waals surface area contributed by atoms with Crippen molar-refractivity contribution >= 4 is 22.5 Å². The second kappa shape index (κ2) is 8.18. The Morgan fingerprint density at radius 1 is 1.00 bits per heavy atom. The number of hydrogen-bond donors (Lipinski definition) is 0. The number of amides is 2. The molecular weight excluding hydrogens is 369 g/mol. The first kappa shape index (κ1) is 18.1. The first-order valence-corrected chi connectivity index (χ1v) is 9.94. The van der Waals surface area contributed by atoms with Gasteiger partial charge in [-0.3, -0.25) is 0 Å². The molecule has 2 fully saturated rings. The molecule has 2 amide bonds. The van der Waals surface area contributed by atoms with E-state index in [2.05, 4.69) is 15.1 Å². The smallest absolute Gasteiger partial charge is 0.320 e. The molecule has 1 aromatic carbocycles. The van der Waals surface area contributed by atoms with Crippen molar-refractivity contribution in [2.24, 2.45) is 0 Å². The third-order valence-corrected chi connectivity index (χ3v) is 5.81. The van der Waals surface area contributed by atoms with Gasteiger partial charge in [0.15, 0.2) is 0 Å². The molecule has 0 radical (unpaired) electrons. The number of morpholine rings is 1. The van der Waals surface area contributed by atoms with E-state index >= 15 is 0 Å². The lowest BCUT2D eigenvalue weighted by Crippen LogP contribution is -2.54. The number of piperazine rings is 1. The zero-order valence-electron chi connectivity index (χ0n) is 15.0. The Labute approximate surface area is 161 Å². The average molecular weight is 391 g/mol. The summed E-state index contributed by atoms with van der Waals surface area (Å²) < 4.78 is 18.3. The summed E-state index contributed by atoms with van der Waals surface area (Å²) in [5.41, 5.74) is 1.01. The largest absolute Gasteiger partial charge is 0.378 e. The highest BCUT2D eigenvalue weighted by atomic mass is 32.1. The number of benzene rings is 1. The van der Waals surface area contributed by atoms with Gasteiger partial charge in [0.05, 0.1) is 13.2 Å². The van der Waals surface area contributed by atoms with Crippen LogP contribution in [0.1, 0.15) is 10.6 Å². The fourth-order valence-electron chi connectivity index (χ4n) is 3.26. The van der Waals surface area contributed by atoms with Crippen molar-refractivity contribution in [2.75, 3.05) is 57.4 Å². The van der Waals surface area contributed by atoms with E-state index in [-0.39, 0.29) is 11.8 Å².